The summed E-state index contributed by atoms with van der Waals surface area (Å²) in [5.74, 6) is 0. The largest absolute Gasteiger partial charge is 0.317 e. The molecule has 1 saturated heterocycles. The van der Waals surface area contributed by atoms with Gasteiger partial charge in [-0.15, -0.1) is 0 Å². The van der Waals surface area contributed by atoms with Crippen LogP contribution in [0.5, 0.6) is 0 Å². The van der Waals surface area contributed by atoms with E-state index in [2.05, 4.69) is 31.4 Å². The Labute approximate surface area is 75.1 Å². The maximum atomic E-state index is 6.07. The third kappa shape index (κ3) is 2.44. The fourth-order valence-corrected chi connectivity index (χ4v) is 2.28. The van der Waals surface area contributed by atoms with E-state index in [0.29, 0.717) is 6.04 Å². The smallest absolute Gasteiger partial charge is 0.0652 e. The van der Waals surface area contributed by atoms with Crippen LogP contribution in [0.3, 0.4) is 0 Å². The van der Waals surface area contributed by atoms with Gasteiger partial charge >= 0.3 is 0 Å². The predicted octanol–water partition coefficient (Wildman–Crippen LogP) is 0.411. The van der Waals surface area contributed by atoms with Crippen molar-refractivity contribution in [2.75, 3.05) is 7.05 Å². The van der Waals surface area contributed by atoms with Crippen LogP contribution in [0, 0.1) is 0 Å². The van der Waals surface area contributed by atoms with Crippen molar-refractivity contribution in [1.82, 2.24) is 10.6 Å². The molecular formula is C9H21N3. The molecule has 0 spiro atoms. The molecule has 1 fully saturated rings. The van der Waals surface area contributed by atoms with Crippen LogP contribution in [0.25, 0.3) is 0 Å². The zero-order valence-corrected chi connectivity index (χ0v) is 8.57. The second-order valence-electron chi connectivity index (χ2n) is 4.82. The topological polar surface area (TPSA) is 50.1 Å². The maximum absolute atomic E-state index is 6.07. The zero-order chi connectivity index (χ0) is 9.41. The minimum absolute atomic E-state index is 0.148. The Bertz CT molecular complexity index is 147. The molecule has 4 N–H and O–H groups in total. The first-order valence-electron chi connectivity index (χ1n) is 4.60. The highest BCUT2D eigenvalue weighted by Gasteiger charge is 2.37. The molecule has 0 aromatic rings. The Balaban J connectivity index is 2.66. The first-order chi connectivity index (χ1) is 5.35. The molecule has 0 radical (unpaired) electrons. The molecular weight excluding hydrogens is 150 g/mol. The van der Waals surface area contributed by atoms with Crippen LogP contribution in [0.1, 0.15) is 33.6 Å². The summed E-state index contributed by atoms with van der Waals surface area (Å²) in [6, 6.07) is 0.538. The highest BCUT2D eigenvalue weighted by molar-refractivity contribution is 4.98. The van der Waals surface area contributed by atoms with Crippen molar-refractivity contribution in [2.45, 2.75) is 50.9 Å². The lowest BCUT2D eigenvalue weighted by molar-refractivity contribution is 0.141. The number of piperidine rings is 1. The van der Waals surface area contributed by atoms with Gasteiger partial charge in [-0.2, -0.15) is 0 Å². The first-order valence-corrected chi connectivity index (χ1v) is 4.60. The van der Waals surface area contributed by atoms with Gasteiger partial charge in [0.15, 0.2) is 0 Å². The summed E-state index contributed by atoms with van der Waals surface area (Å²) in [7, 11) is 2.00. The molecule has 0 aromatic carbocycles. The molecule has 3 nitrogen and oxygen atoms in total. The van der Waals surface area contributed by atoms with Crippen LogP contribution in [0.4, 0.5) is 0 Å². The van der Waals surface area contributed by atoms with Crippen LogP contribution < -0.4 is 16.4 Å². The van der Waals surface area contributed by atoms with E-state index in [1.54, 1.807) is 0 Å². The molecule has 0 saturated carbocycles. The summed E-state index contributed by atoms with van der Waals surface area (Å²) >= 11 is 0. The van der Waals surface area contributed by atoms with Gasteiger partial charge in [0.1, 0.15) is 0 Å². The van der Waals surface area contributed by atoms with Gasteiger partial charge in [-0.1, -0.05) is 0 Å². The average molecular weight is 171 g/mol. The zero-order valence-electron chi connectivity index (χ0n) is 8.57. The molecule has 2 unspecified atom stereocenters. The standard InChI is InChI=1S/C9H21N3/c1-8(2)5-7(11-4)6-9(3,10)12-8/h7,11-12H,5-6,10H2,1-4H3. The van der Waals surface area contributed by atoms with Crippen molar-refractivity contribution in [2.24, 2.45) is 5.73 Å². The number of rotatable bonds is 1. The van der Waals surface area contributed by atoms with Gasteiger partial charge < -0.3 is 11.1 Å². The highest BCUT2D eigenvalue weighted by atomic mass is 15.2. The molecule has 0 bridgehead atoms. The lowest BCUT2D eigenvalue weighted by Gasteiger charge is -2.46. The van der Waals surface area contributed by atoms with Crippen molar-refractivity contribution < 1.29 is 0 Å². The van der Waals surface area contributed by atoms with E-state index < -0.39 is 0 Å². The molecule has 0 aromatic heterocycles. The Morgan fingerprint density at radius 2 is 1.92 bits per heavy atom. The molecule has 12 heavy (non-hydrogen) atoms. The van der Waals surface area contributed by atoms with E-state index in [0.717, 1.165) is 12.8 Å². The lowest BCUT2D eigenvalue weighted by Crippen LogP contribution is -2.66. The molecule has 0 aliphatic carbocycles. The van der Waals surface area contributed by atoms with Crippen LogP contribution >= 0.6 is 0 Å². The second-order valence-corrected chi connectivity index (χ2v) is 4.82. The molecule has 1 aliphatic rings. The van der Waals surface area contributed by atoms with E-state index >= 15 is 0 Å². The van der Waals surface area contributed by atoms with Gasteiger partial charge in [0.2, 0.25) is 0 Å². The van der Waals surface area contributed by atoms with Gasteiger partial charge in [0.05, 0.1) is 5.66 Å². The van der Waals surface area contributed by atoms with Crippen LogP contribution in [0.2, 0.25) is 0 Å². The Hall–Kier alpha value is -0.120. The molecule has 1 aliphatic heterocycles. The van der Waals surface area contributed by atoms with Gasteiger partial charge in [-0.05, 0) is 40.7 Å². The van der Waals surface area contributed by atoms with E-state index in [-0.39, 0.29) is 11.2 Å². The monoisotopic (exact) mass is 171 g/mol. The van der Waals surface area contributed by atoms with Crippen molar-refractivity contribution in [3.8, 4) is 0 Å². The summed E-state index contributed by atoms with van der Waals surface area (Å²) < 4.78 is 0. The minimum Gasteiger partial charge on any atom is -0.317 e. The summed E-state index contributed by atoms with van der Waals surface area (Å²) in [4.78, 5) is 0. The van der Waals surface area contributed by atoms with Crippen molar-refractivity contribution in [3.63, 3.8) is 0 Å². The third-order valence-corrected chi connectivity index (χ3v) is 2.46. The van der Waals surface area contributed by atoms with E-state index in [1.807, 2.05) is 7.05 Å². The summed E-state index contributed by atoms with van der Waals surface area (Å²) in [6.45, 7) is 6.45. The Kier molecular flexibility index (Phi) is 2.47. The number of nitrogens with one attached hydrogen (secondary N) is 2. The second kappa shape index (κ2) is 2.98. The normalized spacial score (nSPS) is 41.2. The fourth-order valence-electron chi connectivity index (χ4n) is 2.28. The number of hydrogen-bond acceptors (Lipinski definition) is 3. The van der Waals surface area contributed by atoms with E-state index in [9.17, 15) is 0 Å². The van der Waals surface area contributed by atoms with Crippen molar-refractivity contribution in [1.29, 1.82) is 0 Å². The van der Waals surface area contributed by atoms with Gasteiger partial charge in [0.25, 0.3) is 0 Å². The van der Waals surface area contributed by atoms with Crippen molar-refractivity contribution in [3.05, 3.63) is 0 Å². The van der Waals surface area contributed by atoms with Gasteiger partial charge in [-0.3, -0.25) is 5.32 Å². The first kappa shape index (κ1) is 9.96. The van der Waals surface area contributed by atoms with Crippen LogP contribution in [-0.4, -0.2) is 24.3 Å². The summed E-state index contributed by atoms with van der Waals surface area (Å²) in [5.41, 5.74) is 5.99. The predicted molar refractivity (Wildman–Crippen MR) is 51.9 cm³/mol. The highest BCUT2D eigenvalue weighted by Crippen LogP contribution is 2.25. The van der Waals surface area contributed by atoms with Crippen molar-refractivity contribution >= 4 is 0 Å². The minimum atomic E-state index is -0.227. The summed E-state index contributed by atoms with van der Waals surface area (Å²) in [6.07, 6.45) is 2.13. The number of hydrogen-bond donors (Lipinski definition) is 3. The van der Waals surface area contributed by atoms with Crippen LogP contribution in [-0.2, 0) is 0 Å². The SMILES string of the molecule is CNC1CC(C)(C)NC(C)(N)C1. The van der Waals surface area contributed by atoms with Gasteiger partial charge in [-0.25, -0.2) is 0 Å². The Morgan fingerprint density at radius 3 is 2.33 bits per heavy atom. The maximum Gasteiger partial charge on any atom is 0.0652 e. The number of nitrogens with two attached hydrogens (primary N) is 1. The van der Waals surface area contributed by atoms with Crippen LogP contribution in [0.15, 0.2) is 0 Å². The molecule has 72 valence electrons. The molecule has 1 rings (SSSR count). The molecule has 0 amide bonds. The summed E-state index contributed by atoms with van der Waals surface area (Å²) in [5, 5.41) is 6.73. The fraction of sp³-hybridized carbons (Fsp3) is 1.00. The molecule has 3 heteroatoms. The molecule has 2 atom stereocenters. The quantitative estimate of drug-likeness (QED) is 0.535. The lowest BCUT2D eigenvalue weighted by atomic mass is 9.83. The van der Waals surface area contributed by atoms with Gasteiger partial charge in [0, 0.05) is 11.6 Å². The van der Waals surface area contributed by atoms with E-state index in [1.165, 1.54) is 0 Å². The Morgan fingerprint density at radius 1 is 1.33 bits per heavy atom. The average Bonchev–Trinajstić information content (AvgIpc) is 1.80. The molecule has 1 heterocycles. The van der Waals surface area contributed by atoms with E-state index in [4.69, 9.17) is 5.73 Å². The third-order valence-electron chi connectivity index (χ3n) is 2.46.